The Balaban J connectivity index is 2.33. The Morgan fingerprint density at radius 2 is 2.14 bits per heavy atom. The number of carbonyl (C=O) groups excluding carboxylic acids is 1. The van der Waals surface area contributed by atoms with Gasteiger partial charge in [0.05, 0.1) is 11.0 Å². The summed E-state index contributed by atoms with van der Waals surface area (Å²) < 4.78 is 5.59. The van der Waals surface area contributed by atoms with Crippen LogP contribution >= 0.6 is 12.6 Å². The highest BCUT2D eigenvalue weighted by Crippen LogP contribution is 2.32. The fourth-order valence-electron chi connectivity index (χ4n) is 2.06. The zero-order chi connectivity index (χ0) is 16.3. The molecular weight excluding hydrogens is 308 g/mol. The number of carbonyl (C=O) groups is 1. The van der Waals surface area contributed by atoms with E-state index in [2.05, 4.69) is 17.9 Å². The molecule has 8 nitrogen and oxygen atoms in total. The maximum atomic E-state index is 11.2. The third kappa shape index (κ3) is 2.96. The number of thiol groups is 1. The van der Waals surface area contributed by atoms with Gasteiger partial charge in [-0.25, -0.2) is 0 Å². The maximum absolute atomic E-state index is 11.2. The highest BCUT2D eigenvalue weighted by atomic mass is 32.1. The first-order chi connectivity index (χ1) is 10.5. The summed E-state index contributed by atoms with van der Waals surface area (Å²) in [7, 11) is 0. The van der Waals surface area contributed by atoms with E-state index >= 15 is 0 Å². The Labute approximate surface area is 131 Å². The van der Waals surface area contributed by atoms with Gasteiger partial charge >= 0.3 is 0 Å². The molecule has 2 rings (SSSR count). The summed E-state index contributed by atoms with van der Waals surface area (Å²) in [6.07, 6.45) is -0.531. The molecule has 1 aliphatic rings. The molecule has 1 saturated heterocycles. The van der Waals surface area contributed by atoms with Crippen LogP contribution in [0.2, 0.25) is 0 Å². The van der Waals surface area contributed by atoms with Gasteiger partial charge in [-0.2, -0.15) is 17.9 Å². The smallest absolute Gasteiger partial charge is 0.269 e. The van der Waals surface area contributed by atoms with Crippen molar-refractivity contribution in [2.75, 3.05) is 5.75 Å². The number of nitrogens with zero attached hydrogens (tertiary/aromatic N) is 2. The number of nitrogens with one attached hydrogen (secondary N) is 1. The number of amides is 1. The van der Waals surface area contributed by atoms with Gasteiger partial charge in [0.2, 0.25) is 5.88 Å². The van der Waals surface area contributed by atoms with Crippen LogP contribution in [0.4, 0.5) is 5.69 Å². The normalized spacial score (nSPS) is 22.2. The molecule has 1 amide bonds. The van der Waals surface area contributed by atoms with E-state index in [1.165, 1.54) is 12.1 Å². The summed E-state index contributed by atoms with van der Waals surface area (Å²) >= 11 is 4.20. The van der Waals surface area contributed by atoms with E-state index in [9.17, 15) is 14.9 Å². The second kappa shape index (κ2) is 6.36. The number of hydrogen-bond donors (Lipinski definition) is 3. The van der Waals surface area contributed by atoms with Crippen molar-refractivity contribution in [3.05, 3.63) is 51.4 Å². The summed E-state index contributed by atoms with van der Waals surface area (Å²) in [6, 6.07) is 7.21. The molecule has 3 N–H and O–H groups in total. The average molecular weight is 320 g/mol. The first-order valence-electron chi connectivity index (χ1n) is 6.20. The number of non-ortho nitro benzene ring substituents is 1. The summed E-state index contributed by atoms with van der Waals surface area (Å²) in [5.41, 5.74) is 5.43. The Bertz CT molecular complexity index is 680. The van der Waals surface area contributed by atoms with Gasteiger partial charge in [-0.3, -0.25) is 14.9 Å². The van der Waals surface area contributed by atoms with E-state index in [0.717, 1.165) is 0 Å². The molecular formula is C13H12N4O4S. The zero-order valence-corrected chi connectivity index (χ0v) is 12.1. The van der Waals surface area contributed by atoms with Crippen LogP contribution in [0.1, 0.15) is 11.7 Å². The number of benzene rings is 1. The van der Waals surface area contributed by atoms with Gasteiger partial charge in [-0.1, -0.05) is 0 Å². The van der Waals surface area contributed by atoms with Crippen LogP contribution in [0.5, 0.6) is 0 Å². The Morgan fingerprint density at radius 3 is 2.59 bits per heavy atom. The van der Waals surface area contributed by atoms with Gasteiger partial charge in [0.15, 0.2) is 5.57 Å². The van der Waals surface area contributed by atoms with E-state index in [-0.39, 0.29) is 23.2 Å². The molecule has 2 atom stereocenters. The van der Waals surface area contributed by atoms with Gasteiger partial charge in [0.25, 0.3) is 11.6 Å². The van der Waals surface area contributed by atoms with Gasteiger partial charge < -0.3 is 15.8 Å². The number of nitro groups is 1. The van der Waals surface area contributed by atoms with Crippen molar-refractivity contribution < 1.29 is 14.5 Å². The third-order valence-electron chi connectivity index (χ3n) is 3.14. The molecule has 0 bridgehead atoms. The predicted octanol–water partition coefficient (Wildman–Crippen LogP) is 0.775. The lowest BCUT2D eigenvalue weighted by Crippen LogP contribution is -2.28. The van der Waals surface area contributed by atoms with E-state index in [0.29, 0.717) is 11.3 Å². The second-order valence-corrected chi connectivity index (χ2v) is 4.87. The highest BCUT2D eigenvalue weighted by molar-refractivity contribution is 7.80. The van der Waals surface area contributed by atoms with Crippen molar-refractivity contribution in [3.63, 3.8) is 0 Å². The first kappa shape index (κ1) is 15.7. The molecule has 114 valence electrons. The van der Waals surface area contributed by atoms with E-state index in [4.69, 9.17) is 15.7 Å². The fraction of sp³-hybridized carbons (Fsp3) is 0.231. The maximum Gasteiger partial charge on any atom is 0.269 e. The van der Waals surface area contributed by atoms with E-state index in [1.54, 1.807) is 18.2 Å². The number of nitrogens with two attached hydrogens (primary N) is 1. The number of ether oxygens (including phenoxy) is 1. The lowest BCUT2D eigenvalue weighted by Gasteiger charge is -2.15. The molecule has 0 aliphatic carbocycles. The van der Waals surface area contributed by atoms with Crippen LogP contribution < -0.4 is 11.1 Å². The fourth-order valence-corrected chi connectivity index (χ4v) is 2.35. The van der Waals surface area contributed by atoms with Crippen LogP contribution in [0.15, 0.2) is 35.7 Å². The van der Waals surface area contributed by atoms with Gasteiger partial charge in [-0.05, 0) is 17.7 Å². The number of nitriles is 1. The molecule has 2 unspecified atom stereocenters. The van der Waals surface area contributed by atoms with Crippen molar-refractivity contribution in [1.29, 1.82) is 5.26 Å². The summed E-state index contributed by atoms with van der Waals surface area (Å²) in [6.45, 7) is 0. The molecule has 1 aliphatic heterocycles. The standard InChI is InChI=1S/C13H12N4O4S/c14-5-9(12(15)18)13-16-10(6-22)11(21-13)7-1-3-8(4-2-7)17(19)20/h1-4,10-11,16,22H,6H2,(H2,15,18)/b13-9+. The zero-order valence-electron chi connectivity index (χ0n) is 11.2. The number of hydrogen-bond acceptors (Lipinski definition) is 7. The molecule has 1 aromatic rings. The minimum Gasteiger partial charge on any atom is -0.468 e. The summed E-state index contributed by atoms with van der Waals surface area (Å²) in [5, 5.41) is 22.5. The van der Waals surface area contributed by atoms with Crippen LogP contribution in [0.25, 0.3) is 0 Å². The van der Waals surface area contributed by atoms with Crippen LogP contribution in [-0.4, -0.2) is 22.6 Å². The van der Waals surface area contributed by atoms with Crippen molar-refractivity contribution >= 4 is 24.2 Å². The quantitative estimate of drug-likeness (QED) is 0.247. The lowest BCUT2D eigenvalue weighted by atomic mass is 10.0. The second-order valence-electron chi connectivity index (χ2n) is 4.50. The molecule has 0 aromatic heterocycles. The molecule has 0 radical (unpaired) electrons. The molecule has 1 aromatic carbocycles. The van der Waals surface area contributed by atoms with Crippen molar-refractivity contribution in [2.45, 2.75) is 12.1 Å². The first-order valence-corrected chi connectivity index (χ1v) is 6.83. The molecule has 1 fully saturated rings. The topological polar surface area (TPSA) is 131 Å². The number of primary amides is 1. The van der Waals surface area contributed by atoms with Crippen molar-refractivity contribution in [2.24, 2.45) is 5.73 Å². The molecule has 9 heteroatoms. The van der Waals surface area contributed by atoms with Crippen molar-refractivity contribution in [3.8, 4) is 6.07 Å². The predicted molar refractivity (Wildman–Crippen MR) is 79.5 cm³/mol. The summed E-state index contributed by atoms with van der Waals surface area (Å²) in [5.74, 6) is -0.535. The van der Waals surface area contributed by atoms with Crippen LogP contribution in [-0.2, 0) is 9.53 Å². The highest BCUT2D eigenvalue weighted by Gasteiger charge is 2.35. The Kier molecular flexibility index (Phi) is 4.53. The van der Waals surface area contributed by atoms with Gasteiger partial charge in [-0.15, -0.1) is 0 Å². The SMILES string of the molecule is N#C/C(C(N)=O)=C1/NC(CS)C(c2ccc([N+](=O)[O-])cc2)O1. The molecule has 0 saturated carbocycles. The molecule has 0 spiro atoms. The van der Waals surface area contributed by atoms with Crippen molar-refractivity contribution in [1.82, 2.24) is 5.32 Å². The Hall–Kier alpha value is -2.73. The van der Waals surface area contributed by atoms with E-state index in [1.807, 2.05) is 0 Å². The van der Waals surface area contributed by atoms with E-state index < -0.39 is 16.9 Å². The minimum atomic E-state index is -0.896. The lowest BCUT2D eigenvalue weighted by molar-refractivity contribution is -0.384. The summed E-state index contributed by atoms with van der Waals surface area (Å²) in [4.78, 5) is 21.4. The van der Waals surface area contributed by atoms with Crippen LogP contribution in [0.3, 0.4) is 0 Å². The monoisotopic (exact) mass is 320 g/mol. The van der Waals surface area contributed by atoms with Gasteiger partial charge in [0, 0.05) is 17.9 Å². The largest absolute Gasteiger partial charge is 0.468 e. The third-order valence-corrected chi connectivity index (χ3v) is 3.53. The Morgan fingerprint density at radius 1 is 1.50 bits per heavy atom. The number of nitro benzene ring substituents is 1. The average Bonchev–Trinajstić information content (AvgIpc) is 2.91. The molecule has 1 heterocycles. The molecule has 22 heavy (non-hydrogen) atoms. The number of rotatable bonds is 4. The van der Waals surface area contributed by atoms with Gasteiger partial charge in [0.1, 0.15) is 12.2 Å². The minimum absolute atomic E-state index is 0.00240. The van der Waals surface area contributed by atoms with Crippen LogP contribution in [0, 0.1) is 21.4 Å².